The minimum Gasteiger partial charge on any atom is -0.291 e. The molecule has 0 atom stereocenters. The summed E-state index contributed by atoms with van der Waals surface area (Å²) >= 11 is 16.6. The molecule has 0 aliphatic rings. The van der Waals surface area contributed by atoms with Gasteiger partial charge in [-0.3, -0.25) is 5.10 Å². The van der Waals surface area contributed by atoms with Gasteiger partial charge in [0.2, 0.25) is 0 Å². The second-order valence-corrected chi connectivity index (χ2v) is 4.52. The van der Waals surface area contributed by atoms with Gasteiger partial charge < -0.3 is 0 Å². The Labute approximate surface area is 111 Å². The highest BCUT2D eigenvalue weighted by atomic mass is 35.5. The molecule has 2 nitrogen and oxygen atoms in total. The minimum atomic E-state index is -2.60. The third kappa shape index (κ3) is 2.51. The van der Waals surface area contributed by atoms with Crippen LogP contribution < -0.4 is 0 Å². The average Bonchev–Trinajstić information content (AvgIpc) is 2.65. The van der Waals surface area contributed by atoms with Crippen LogP contribution >= 0.6 is 35.4 Å². The molecule has 0 fully saturated rings. The molecule has 17 heavy (non-hydrogen) atoms. The van der Waals surface area contributed by atoms with Crippen LogP contribution in [0.3, 0.4) is 0 Å². The van der Waals surface area contributed by atoms with Crippen LogP contribution in [0, 0.1) is 4.64 Å². The smallest absolute Gasteiger partial charge is 0.279 e. The lowest BCUT2D eigenvalue weighted by atomic mass is 10.3. The monoisotopic (exact) mass is 294 g/mol. The van der Waals surface area contributed by atoms with E-state index in [0.29, 0.717) is 15.7 Å². The van der Waals surface area contributed by atoms with Crippen molar-refractivity contribution >= 4 is 35.4 Å². The number of hydrogen-bond donors (Lipinski definition) is 1. The van der Waals surface area contributed by atoms with Gasteiger partial charge in [-0.15, -0.1) is 0 Å². The predicted octanol–water partition coefficient (Wildman–Crippen LogP) is 4.78. The molecule has 1 N–H and O–H groups in total. The second kappa shape index (κ2) is 4.76. The maximum Gasteiger partial charge on any atom is 0.279 e. The molecule has 0 saturated carbocycles. The number of benzene rings is 1. The zero-order chi connectivity index (χ0) is 12.6. The highest BCUT2D eigenvalue weighted by molar-refractivity contribution is 7.71. The highest BCUT2D eigenvalue weighted by Crippen LogP contribution is 2.25. The molecule has 1 heterocycles. The molecular formula is C10H6Cl2F2N2S. The summed E-state index contributed by atoms with van der Waals surface area (Å²) < 4.78 is 26.6. The van der Waals surface area contributed by atoms with Gasteiger partial charge in [0, 0.05) is 6.07 Å². The Kier molecular flexibility index (Phi) is 3.51. The van der Waals surface area contributed by atoms with Crippen molar-refractivity contribution in [3.63, 3.8) is 0 Å². The number of nitrogens with one attached hydrogen (secondary N) is 1. The molecule has 0 unspecified atom stereocenters. The molecule has 0 amide bonds. The Balaban J connectivity index is 2.53. The first-order chi connectivity index (χ1) is 7.99. The van der Waals surface area contributed by atoms with E-state index in [2.05, 4.69) is 5.10 Å². The van der Waals surface area contributed by atoms with Crippen molar-refractivity contribution < 1.29 is 8.78 Å². The van der Waals surface area contributed by atoms with Crippen LogP contribution in [-0.4, -0.2) is 9.78 Å². The standard InChI is InChI=1S/C10H6Cl2F2N2S/c11-6-2-1-5(3-7(6)12)16-9(17)4-8(15-16)10(13)14/h1-4,10,15H. The van der Waals surface area contributed by atoms with E-state index < -0.39 is 6.43 Å². The van der Waals surface area contributed by atoms with Crippen molar-refractivity contribution in [2.75, 3.05) is 0 Å². The maximum atomic E-state index is 12.5. The number of aromatic nitrogens is 2. The summed E-state index contributed by atoms with van der Waals surface area (Å²) in [7, 11) is 0. The lowest BCUT2D eigenvalue weighted by Gasteiger charge is -2.04. The quantitative estimate of drug-likeness (QED) is 0.791. The number of H-pyrrole nitrogens is 1. The highest BCUT2D eigenvalue weighted by Gasteiger charge is 2.11. The first-order valence-electron chi connectivity index (χ1n) is 4.54. The maximum absolute atomic E-state index is 12.5. The topological polar surface area (TPSA) is 20.7 Å². The molecule has 7 heteroatoms. The van der Waals surface area contributed by atoms with Gasteiger partial charge in [-0.25, -0.2) is 13.5 Å². The van der Waals surface area contributed by atoms with E-state index in [4.69, 9.17) is 35.4 Å². The van der Waals surface area contributed by atoms with Crippen molar-refractivity contribution in [3.05, 3.63) is 44.6 Å². The van der Waals surface area contributed by atoms with E-state index in [1.165, 1.54) is 10.7 Å². The number of aromatic amines is 1. The van der Waals surface area contributed by atoms with Crippen molar-refractivity contribution in [3.8, 4) is 5.69 Å². The van der Waals surface area contributed by atoms with Gasteiger partial charge in [0.25, 0.3) is 6.43 Å². The number of alkyl halides is 2. The fourth-order valence-electron chi connectivity index (χ4n) is 1.34. The van der Waals surface area contributed by atoms with Crippen molar-refractivity contribution in [2.45, 2.75) is 6.43 Å². The third-order valence-corrected chi connectivity index (χ3v) is 3.18. The van der Waals surface area contributed by atoms with E-state index in [9.17, 15) is 8.78 Å². The van der Waals surface area contributed by atoms with Crippen LogP contribution in [0.5, 0.6) is 0 Å². The van der Waals surface area contributed by atoms with E-state index in [1.54, 1.807) is 18.2 Å². The number of hydrogen-bond acceptors (Lipinski definition) is 1. The van der Waals surface area contributed by atoms with Gasteiger partial charge in [-0.1, -0.05) is 35.4 Å². The third-order valence-electron chi connectivity index (χ3n) is 2.14. The molecule has 2 rings (SSSR count). The van der Waals surface area contributed by atoms with Crippen LogP contribution in [-0.2, 0) is 0 Å². The van der Waals surface area contributed by atoms with Gasteiger partial charge in [0.05, 0.1) is 15.7 Å². The lowest BCUT2D eigenvalue weighted by molar-refractivity contribution is 0.145. The van der Waals surface area contributed by atoms with Gasteiger partial charge in [0.15, 0.2) is 0 Å². The zero-order valence-corrected chi connectivity index (χ0v) is 10.6. The van der Waals surface area contributed by atoms with Gasteiger partial charge in [-0.05, 0) is 18.2 Å². The van der Waals surface area contributed by atoms with Crippen LogP contribution in [0.25, 0.3) is 5.69 Å². The van der Waals surface area contributed by atoms with Gasteiger partial charge >= 0.3 is 0 Å². The van der Waals surface area contributed by atoms with Crippen molar-refractivity contribution in [1.82, 2.24) is 9.78 Å². The average molecular weight is 295 g/mol. The molecule has 0 saturated heterocycles. The normalized spacial score (nSPS) is 11.1. The van der Waals surface area contributed by atoms with Crippen LogP contribution in [0.1, 0.15) is 12.1 Å². The van der Waals surface area contributed by atoms with Crippen LogP contribution in [0.4, 0.5) is 8.78 Å². The Morgan fingerprint density at radius 1 is 1.18 bits per heavy atom. The Hall–Kier alpha value is -0.910. The van der Waals surface area contributed by atoms with Crippen LogP contribution in [0.15, 0.2) is 24.3 Å². The first kappa shape index (κ1) is 12.5. The molecule has 0 aliphatic carbocycles. The van der Waals surface area contributed by atoms with E-state index in [-0.39, 0.29) is 10.3 Å². The minimum absolute atomic E-state index is 0.235. The van der Waals surface area contributed by atoms with E-state index in [0.717, 1.165) is 0 Å². The Morgan fingerprint density at radius 2 is 1.88 bits per heavy atom. The molecule has 0 radical (unpaired) electrons. The van der Waals surface area contributed by atoms with Crippen molar-refractivity contribution in [2.24, 2.45) is 0 Å². The molecule has 2 aromatic rings. The lowest BCUT2D eigenvalue weighted by Crippen LogP contribution is -1.97. The number of rotatable bonds is 2. The summed E-state index contributed by atoms with van der Waals surface area (Å²) in [6, 6.07) is 5.97. The number of halogens is 4. The molecule has 0 spiro atoms. The molecular weight excluding hydrogens is 289 g/mol. The van der Waals surface area contributed by atoms with Crippen molar-refractivity contribution in [1.29, 1.82) is 0 Å². The summed E-state index contributed by atoms with van der Waals surface area (Å²) in [6.07, 6.45) is -2.60. The summed E-state index contributed by atoms with van der Waals surface area (Å²) in [5.74, 6) is 0. The van der Waals surface area contributed by atoms with Gasteiger partial charge in [-0.2, -0.15) is 0 Å². The first-order valence-corrected chi connectivity index (χ1v) is 5.71. The Bertz CT molecular complexity index is 607. The largest absolute Gasteiger partial charge is 0.291 e. The SMILES string of the molecule is FC(F)c1cc(=S)n(-c2ccc(Cl)c(Cl)c2)[nH]1. The summed E-state index contributed by atoms with van der Waals surface area (Å²) in [4.78, 5) is 0. The van der Waals surface area contributed by atoms with Gasteiger partial charge in [0.1, 0.15) is 10.3 Å². The second-order valence-electron chi connectivity index (χ2n) is 3.28. The molecule has 1 aromatic carbocycles. The van der Waals surface area contributed by atoms with E-state index >= 15 is 0 Å². The van der Waals surface area contributed by atoms with Crippen LogP contribution in [0.2, 0.25) is 10.0 Å². The summed E-state index contributed by atoms with van der Waals surface area (Å²) in [5.41, 5.74) is 0.317. The Morgan fingerprint density at radius 3 is 2.41 bits per heavy atom. The number of nitrogens with zero attached hydrogens (tertiary/aromatic N) is 1. The molecule has 0 aliphatic heterocycles. The molecule has 90 valence electrons. The fourth-order valence-corrected chi connectivity index (χ4v) is 1.91. The fraction of sp³-hybridized carbons (Fsp3) is 0.100. The zero-order valence-electron chi connectivity index (χ0n) is 8.25. The summed E-state index contributed by atoms with van der Waals surface area (Å²) in [5, 5.41) is 3.23. The molecule has 0 bridgehead atoms. The molecule has 1 aromatic heterocycles. The predicted molar refractivity (Wildman–Crippen MR) is 65.9 cm³/mol. The summed E-state index contributed by atoms with van der Waals surface area (Å²) in [6.45, 7) is 0. The van der Waals surface area contributed by atoms with E-state index in [1.807, 2.05) is 0 Å².